The van der Waals surface area contributed by atoms with Crippen LogP contribution in [-0.4, -0.2) is 118 Å². The van der Waals surface area contributed by atoms with Gasteiger partial charge in [-0.1, -0.05) is 37.6 Å². The molecule has 2 saturated heterocycles. The molecule has 0 spiro atoms. The predicted molar refractivity (Wildman–Crippen MR) is 297 cm³/mol. The highest BCUT2D eigenvalue weighted by Crippen LogP contribution is 2.48. The van der Waals surface area contributed by atoms with E-state index in [1.807, 2.05) is 4.72 Å². The monoisotopic (exact) mass is 1140 g/mol. The zero-order valence-corrected chi connectivity index (χ0v) is 47.5. The van der Waals surface area contributed by atoms with Gasteiger partial charge in [0.25, 0.3) is 31.9 Å². The van der Waals surface area contributed by atoms with Crippen molar-refractivity contribution >= 4 is 60.9 Å². The number of carbonyl (C=O) groups is 2. The molecule has 22 nitrogen and oxygen atoms in total. The summed E-state index contributed by atoms with van der Waals surface area (Å²) in [5, 5.41) is 18.2. The summed E-state index contributed by atoms with van der Waals surface area (Å²) in [6.45, 7) is 15.3. The van der Waals surface area contributed by atoms with Crippen LogP contribution in [0.25, 0.3) is 11.6 Å². The highest BCUT2D eigenvalue weighted by Gasteiger charge is 2.43. The molecule has 0 radical (unpaired) electrons. The van der Waals surface area contributed by atoms with E-state index in [0.29, 0.717) is 78.0 Å². The van der Waals surface area contributed by atoms with Crippen LogP contribution in [0.4, 0.5) is 17.5 Å². The van der Waals surface area contributed by atoms with Gasteiger partial charge in [-0.3, -0.25) is 9.59 Å². The zero-order chi connectivity index (χ0) is 56.0. The Morgan fingerprint density at radius 3 is 2.05 bits per heavy atom. The van der Waals surface area contributed by atoms with E-state index in [1.165, 1.54) is 54.6 Å². The van der Waals surface area contributed by atoms with Gasteiger partial charge in [-0.15, -0.1) is 10.2 Å². The topological polar surface area (TPSA) is 271 Å². The van der Waals surface area contributed by atoms with Crippen LogP contribution < -0.4 is 39.8 Å². The maximum atomic E-state index is 13.4. The summed E-state index contributed by atoms with van der Waals surface area (Å²) in [6.07, 6.45) is 14.2. The second kappa shape index (κ2) is 21.6. The normalized spacial score (nSPS) is 20.8. The van der Waals surface area contributed by atoms with Crippen molar-refractivity contribution in [2.45, 2.75) is 139 Å². The van der Waals surface area contributed by atoms with Gasteiger partial charge in [-0.05, 0) is 151 Å². The Bertz CT molecular complexity index is 3490. The Kier molecular flexibility index (Phi) is 15.2. The number of amides is 2. The maximum Gasteiger partial charge on any atom is 0.281 e. The minimum Gasteiger partial charge on any atom is -0.477 e. The molecule has 2 atom stereocenters. The van der Waals surface area contributed by atoms with Gasteiger partial charge in [0, 0.05) is 60.8 Å². The summed E-state index contributed by atoms with van der Waals surface area (Å²) < 4.78 is 70.8. The van der Waals surface area contributed by atoms with E-state index in [0.717, 1.165) is 38.5 Å². The number of anilines is 3. The second-order valence-electron chi connectivity index (χ2n) is 23.1. The van der Waals surface area contributed by atoms with Crippen LogP contribution in [0.1, 0.15) is 126 Å². The molecule has 2 saturated carbocycles. The molecule has 0 aromatic carbocycles. The third kappa shape index (κ3) is 13.2. The molecular weight excluding hydrogens is 1070 g/mol. The second-order valence-corrected chi connectivity index (χ2v) is 26.7. The van der Waals surface area contributed by atoms with Crippen LogP contribution in [-0.2, 0) is 20.0 Å². The summed E-state index contributed by atoms with van der Waals surface area (Å²) in [7, 11) is -8.46. The molecule has 6 aromatic rings. The first-order valence-corrected chi connectivity index (χ1v) is 30.0. The summed E-state index contributed by atoms with van der Waals surface area (Å²) in [5.41, 5.74) is 0.604. The number of carbonyl (C=O) groups excluding carboxylic acids is 2. The van der Waals surface area contributed by atoms with E-state index in [2.05, 4.69) is 92.3 Å². The van der Waals surface area contributed by atoms with Gasteiger partial charge in [0.15, 0.2) is 21.7 Å². The number of sulfonamides is 2. The van der Waals surface area contributed by atoms with E-state index >= 15 is 0 Å². The Hall–Kier alpha value is -6.89. The van der Waals surface area contributed by atoms with E-state index in [-0.39, 0.29) is 49.5 Å². The highest BCUT2D eigenvalue weighted by atomic mass is 35.5. The third-order valence-electron chi connectivity index (χ3n) is 15.4. The number of hydrogen-bond donors (Lipinski definition) is 5. The van der Waals surface area contributed by atoms with Gasteiger partial charge in [0.1, 0.15) is 22.6 Å². The SMILES string of the molecule is CC1(CCOc2ccn(-c3ccc(C(=O)NS(=O)(=O)c4cccc(NCC5CCC(C)(C)N5)n4)c(Cl)n3)n2)CC1.CC1(CCOc2ccn(-c3ccc4c(n3)N3C(CCC3(C)C)CNc3cccc(n3)S(=O)(=O)NC4=O)n2)CC1. The van der Waals surface area contributed by atoms with E-state index in [4.69, 9.17) is 26.1 Å². The minimum atomic E-state index is -4.26. The standard InChI is InChI=1S/C27H34ClN7O4S.C27H33N7O4S/c1-26(2)11-9-18(32-26)17-29-20-5-4-6-23(30-20)40(37,38)34-25(36)19-7-8-21(31-24(19)28)35-15-10-22(33-35)39-16-14-27(3)12-13-27;1-26(2)11-9-18-17-28-20-5-4-6-23(29-20)39(36,37)32-25(35)19-7-8-21(30-24(19)34(18)26)33-15-10-22(31-33)38-16-14-27(3)12-13-27/h4-8,10,15,18,32H,9,11-14,16-17H2,1-3H3,(H,29,30)(H,34,36);4-8,10,15,18H,9,11-14,16-17H2,1-3H3,(H,28,29)(H,32,35). The summed E-state index contributed by atoms with van der Waals surface area (Å²) in [4.78, 5) is 45.9. The molecule has 5 N–H and O–H groups in total. The van der Waals surface area contributed by atoms with Gasteiger partial charge in [0.2, 0.25) is 11.8 Å². The lowest BCUT2D eigenvalue weighted by molar-refractivity contribution is 0.0972. The highest BCUT2D eigenvalue weighted by molar-refractivity contribution is 7.90. The fourth-order valence-corrected chi connectivity index (χ4v) is 12.0. The Balaban J connectivity index is 0.000000178. The molecular formula is C54H67ClN14O8S2. The lowest BCUT2D eigenvalue weighted by Crippen LogP contribution is -2.47. The number of hydrogen-bond acceptors (Lipinski definition) is 18. The molecule has 2 bridgehead atoms. The first kappa shape index (κ1) is 55.4. The van der Waals surface area contributed by atoms with E-state index in [1.54, 1.807) is 65.6 Å². The number of halogens is 1. The molecule has 2 unspecified atom stereocenters. The van der Waals surface area contributed by atoms with Crippen LogP contribution in [0, 0.1) is 10.8 Å². The molecule has 3 aliphatic heterocycles. The minimum absolute atomic E-state index is 0.00362. The molecule has 5 aliphatic rings. The predicted octanol–water partition coefficient (Wildman–Crippen LogP) is 7.47. The first-order valence-electron chi connectivity index (χ1n) is 26.6. The number of aromatic nitrogens is 8. The van der Waals surface area contributed by atoms with E-state index in [9.17, 15) is 26.4 Å². The number of ether oxygens (including phenoxy) is 2. The number of pyridine rings is 4. The van der Waals surface area contributed by atoms with Gasteiger partial charge in [-0.25, -0.2) is 38.7 Å². The van der Waals surface area contributed by atoms with Gasteiger partial charge < -0.3 is 30.3 Å². The summed E-state index contributed by atoms with van der Waals surface area (Å²) >= 11 is 6.27. The quantitative estimate of drug-likeness (QED) is 0.0588. The molecule has 9 heterocycles. The Morgan fingerprint density at radius 1 is 0.772 bits per heavy atom. The van der Waals surface area contributed by atoms with Gasteiger partial charge in [-0.2, -0.15) is 16.8 Å². The largest absolute Gasteiger partial charge is 0.477 e. The van der Waals surface area contributed by atoms with Crippen molar-refractivity contribution in [3.05, 3.63) is 101 Å². The zero-order valence-electron chi connectivity index (χ0n) is 45.1. The van der Waals surface area contributed by atoms with Crippen molar-refractivity contribution in [1.82, 2.24) is 54.3 Å². The van der Waals surface area contributed by atoms with Gasteiger partial charge >= 0.3 is 0 Å². The Morgan fingerprint density at radius 2 is 1.42 bits per heavy atom. The average Bonchev–Trinajstić information content (AvgIpc) is 4.25. The maximum absolute atomic E-state index is 13.4. The summed E-state index contributed by atoms with van der Waals surface area (Å²) in [5.74, 6) is 1.39. The molecule has 6 aromatic heterocycles. The third-order valence-corrected chi connectivity index (χ3v) is 18.2. The molecule has 11 rings (SSSR count). The molecule has 25 heteroatoms. The van der Waals surface area contributed by atoms with Crippen molar-refractivity contribution < 1.29 is 35.9 Å². The number of rotatable bonds is 16. The van der Waals surface area contributed by atoms with Crippen LogP contribution in [0.5, 0.6) is 11.8 Å². The first-order chi connectivity index (χ1) is 37.4. The molecule has 2 aliphatic carbocycles. The van der Waals surface area contributed by atoms with Crippen LogP contribution in [0.3, 0.4) is 0 Å². The molecule has 79 heavy (non-hydrogen) atoms. The number of nitrogens with zero attached hydrogens (tertiary/aromatic N) is 9. The lowest BCUT2D eigenvalue weighted by atomic mass is 10.0. The molecule has 4 fully saturated rings. The number of nitrogens with one attached hydrogen (secondary N) is 5. The van der Waals surface area contributed by atoms with Crippen LogP contribution in [0.2, 0.25) is 5.15 Å². The number of fused-ring (bicyclic) bond motifs is 5. The average molecular weight is 1140 g/mol. The smallest absolute Gasteiger partial charge is 0.281 e. The van der Waals surface area contributed by atoms with Crippen LogP contribution >= 0.6 is 11.6 Å². The van der Waals surface area contributed by atoms with Crippen LogP contribution in [0.15, 0.2) is 95.2 Å². The van der Waals surface area contributed by atoms with E-state index < -0.39 is 31.9 Å². The van der Waals surface area contributed by atoms with Crippen molar-refractivity contribution in [3.63, 3.8) is 0 Å². The van der Waals surface area contributed by atoms with Gasteiger partial charge in [0.05, 0.1) is 24.3 Å². The lowest BCUT2D eigenvalue weighted by Gasteiger charge is -2.38. The molecule has 420 valence electrons. The fraction of sp³-hybridized carbons (Fsp3) is 0.481. The van der Waals surface area contributed by atoms with Crippen molar-refractivity contribution in [1.29, 1.82) is 0 Å². The fourth-order valence-electron chi connectivity index (χ4n) is 9.94. The summed E-state index contributed by atoms with van der Waals surface area (Å²) in [6, 6.07) is 19.2. The van der Waals surface area contributed by atoms with Crippen molar-refractivity contribution in [2.75, 3.05) is 41.8 Å². The molecule has 2 amide bonds. The van der Waals surface area contributed by atoms with Crippen molar-refractivity contribution in [2.24, 2.45) is 10.8 Å². The Labute approximate surface area is 465 Å². The van der Waals surface area contributed by atoms with Crippen molar-refractivity contribution in [3.8, 4) is 23.4 Å².